The third-order valence-electron chi connectivity index (χ3n) is 5.82. The molecule has 0 heterocycles. The summed E-state index contributed by atoms with van der Waals surface area (Å²) in [5, 5.41) is 61.6. The van der Waals surface area contributed by atoms with Gasteiger partial charge in [-0.3, -0.25) is 4.79 Å². The van der Waals surface area contributed by atoms with Crippen LogP contribution in [-0.2, 0) is 23.9 Å². The second-order valence-electron chi connectivity index (χ2n) is 8.63. The number of aliphatic hydroxyl groups is 2. The van der Waals surface area contributed by atoms with Crippen LogP contribution >= 0.6 is 0 Å². The van der Waals surface area contributed by atoms with Crippen molar-refractivity contribution < 1.29 is 54.5 Å². The number of hydrogen-bond acceptors (Lipinski definition) is 11. The van der Waals surface area contributed by atoms with Crippen LogP contribution in [0, 0.1) is 0 Å². The van der Waals surface area contributed by atoms with E-state index in [1.165, 1.54) is 55.6 Å². The maximum Gasteiger partial charge on any atom is 0.331 e. The lowest BCUT2D eigenvalue weighted by atomic mass is 9.78. The fourth-order valence-electron chi connectivity index (χ4n) is 3.90. The molecule has 38 heavy (non-hydrogen) atoms. The van der Waals surface area contributed by atoms with Crippen molar-refractivity contribution in [3.8, 4) is 23.0 Å². The van der Waals surface area contributed by atoms with Crippen molar-refractivity contribution in [1.82, 2.24) is 5.32 Å². The highest BCUT2D eigenvalue weighted by Gasteiger charge is 2.51. The van der Waals surface area contributed by atoms with Crippen molar-refractivity contribution in [2.75, 3.05) is 7.05 Å². The number of benzene rings is 2. The van der Waals surface area contributed by atoms with Gasteiger partial charge in [0.1, 0.15) is 11.7 Å². The van der Waals surface area contributed by atoms with Gasteiger partial charge in [-0.2, -0.15) is 0 Å². The summed E-state index contributed by atoms with van der Waals surface area (Å²) in [7, 11) is 1.28. The molecule has 7 N–H and O–H groups in total. The highest BCUT2D eigenvalue weighted by Crippen LogP contribution is 2.33. The highest BCUT2D eigenvalue weighted by molar-refractivity contribution is 5.89. The number of phenolic OH excluding ortho intramolecular Hbond substituents is 4. The monoisotopic (exact) mass is 529 g/mol. The molecule has 0 saturated heterocycles. The van der Waals surface area contributed by atoms with Gasteiger partial charge in [0.25, 0.3) is 5.91 Å². The van der Waals surface area contributed by atoms with Crippen LogP contribution in [0.3, 0.4) is 0 Å². The number of esters is 2. The van der Waals surface area contributed by atoms with E-state index >= 15 is 0 Å². The predicted octanol–water partition coefficient (Wildman–Crippen LogP) is 0.691. The van der Waals surface area contributed by atoms with Gasteiger partial charge in [-0.25, -0.2) is 9.59 Å². The molecule has 0 spiro atoms. The molecule has 0 unspecified atom stereocenters. The van der Waals surface area contributed by atoms with E-state index < -0.39 is 66.1 Å². The van der Waals surface area contributed by atoms with Gasteiger partial charge in [0.15, 0.2) is 29.1 Å². The highest BCUT2D eigenvalue weighted by atomic mass is 16.6. The Morgan fingerprint density at radius 2 is 1.34 bits per heavy atom. The zero-order valence-electron chi connectivity index (χ0n) is 20.1. The summed E-state index contributed by atoms with van der Waals surface area (Å²) in [6.07, 6.45) is -0.959. The third kappa shape index (κ3) is 6.81. The van der Waals surface area contributed by atoms with Crippen molar-refractivity contribution in [3.63, 3.8) is 0 Å². The number of likely N-dealkylation sites (N-methyl/N-ethyl adjacent to an activating group) is 1. The van der Waals surface area contributed by atoms with Gasteiger partial charge in [0.2, 0.25) is 0 Å². The zero-order chi connectivity index (χ0) is 28.0. The number of aromatic hydroxyl groups is 4. The number of carbonyl (C=O) groups excluding carboxylic acids is 3. The molecule has 1 amide bonds. The van der Waals surface area contributed by atoms with Gasteiger partial charge < -0.3 is 45.4 Å². The van der Waals surface area contributed by atoms with Crippen LogP contribution in [0.15, 0.2) is 48.6 Å². The molecule has 12 heteroatoms. The second kappa shape index (κ2) is 11.7. The minimum absolute atomic E-state index is 0.344. The molecular weight excluding hydrogens is 502 g/mol. The van der Waals surface area contributed by atoms with E-state index in [1.807, 2.05) is 0 Å². The topological polar surface area (TPSA) is 203 Å². The van der Waals surface area contributed by atoms with Crippen LogP contribution < -0.4 is 5.32 Å². The molecule has 0 aromatic heterocycles. The molecule has 1 fully saturated rings. The van der Waals surface area contributed by atoms with Crippen LogP contribution in [0.4, 0.5) is 0 Å². The van der Waals surface area contributed by atoms with Crippen molar-refractivity contribution in [2.45, 2.75) is 36.8 Å². The molecule has 3 rings (SSSR count). The Balaban J connectivity index is 1.77. The van der Waals surface area contributed by atoms with Gasteiger partial charge >= 0.3 is 11.9 Å². The smallest absolute Gasteiger partial charge is 0.331 e. The number of hydrogen-bond donors (Lipinski definition) is 7. The number of amides is 1. The lowest BCUT2D eigenvalue weighted by Crippen LogP contribution is -2.60. The summed E-state index contributed by atoms with van der Waals surface area (Å²) in [4.78, 5) is 37.2. The Hall–Kier alpha value is -4.55. The zero-order valence-corrected chi connectivity index (χ0v) is 20.1. The summed E-state index contributed by atoms with van der Waals surface area (Å²) in [6, 6.07) is 7.65. The molecule has 1 aliphatic carbocycles. The fraction of sp³-hybridized carbons (Fsp3) is 0.269. The van der Waals surface area contributed by atoms with Crippen LogP contribution in [0.1, 0.15) is 24.0 Å². The molecule has 1 saturated carbocycles. The van der Waals surface area contributed by atoms with Gasteiger partial charge in [0, 0.05) is 32.0 Å². The first-order valence-electron chi connectivity index (χ1n) is 11.4. The molecule has 0 radical (unpaired) electrons. The molecule has 4 atom stereocenters. The Morgan fingerprint density at radius 1 is 0.842 bits per heavy atom. The fourth-order valence-corrected chi connectivity index (χ4v) is 3.90. The molecule has 202 valence electrons. The maximum absolute atomic E-state index is 12.5. The van der Waals surface area contributed by atoms with Gasteiger partial charge in [-0.15, -0.1) is 0 Å². The van der Waals surface area contributed by atoms with Crippen molar-refractivity contribution in [3.05, 3.63) is 59.7 Å². The van der Waals surface area contributed by atoms with E-state index in [4.69, 9.17) is 9.47 Å². The molecular formula is C26H27NO11. The Bertz CT molecular complexity index is 1270. The largest absolute Gasteiger partial charge is 0.504 e. The minimum Gasteiger partial charge on any atom is -0.504 e. The lowest BCUT2D eigenvalue weighted by molar-refractivity contribution is -0.198. The normalized spacial score (nSPS) is 23.3. The van der Waals surface area contributed by atoms with Crippen LogP contribution in [0.2, 0.25) is 0 Å². The lowest BCUT2D eigenvalue weighted by Gasteiger charge is -2.41. The van der Waals surface area contributed by atoms with Crippen LogP contribution in [-0.4, -0.2) is 79.4 Å². The number of rotatable bonds is 7. The molecule has 0 bridgehead atoms. The summed E-state index contributed by atoms with van der Waals surface area (Å²) in [6.45, 7) is 0. The van der Waals surface area contributed by atoms with Gasteiger partial charge in [-0.1, -0.05) is 12.1 Å². The number of phenols is 4. The Labute approximate surface area is 216 Å². The van der Waals surface area contributed by atoms with Crippen molar-refractivity contribution >= 4 is 30.0 Å². The number of aliphatic hydroxyl groups excluding tert-OH is 1. The summed E-state index contributed by atoms with van der Waals surface area (Å²) < 4.78 is 10.6. The molecule has 2 aromatic rings. The quantitative estimate of drug-likeness (QED) is 0.151. The predicted molar refractivity (Wildman–Crippen MR) is 132 cm³/mol. The number of nitrogens with one attached hydrogen (secondary N) is 1. The molecule has 1 aliphatic rings. The van der Waals surface area contributed by atoms with Gasteiger partial charge in [-0.05, 0) is 47.5 Å². The summed E-state index contributed by atoms with van der Waals surface area (Å²) >= 11 is 0. The first-order valence-corrected chi connectivity index (χ1v) is 11.4. The van der Waals surface area contributed by atoms with Crippen molar-refractivity contribution in [1.29, 1.82) is 0 Å². The van der Waals surface area contributed by atoms with Crippen molar-refractivity contribution in [2.24, 2.45) is 0 Å². The average molecular weight is 529 g/mol. The minimum atomic E-state index is -2.12. The Kier molecular flexibility index (Phi) is 8.61. The number of ether oxygens (including phenoxy) is 2. The first-order chi connectivity index (χ1) is 17.9. The van der Waals surface area contributed by atoms with E-state index in [-0.39, 0.29) is 11.5 Å². The summed E-state index contributed by atoms with van der Waals surface area (Å²) in [5.74, 6) is -4.26. The van der Waals surface area contributed by atoms with Crippen LogP contribution in [0.25, 0.3) is 12.2 Å². The molecule has 0 aliphatic heterocycles. The summed E-state index contributed by atoms with van der Waals surface area (Å²) in [5.41, 5.74) is -1.42. The van der Waals surface area contributed by atoms with E-state index in [2.05, 4.69) is 5.32 Å². The third-order valence-corrected chi connectivity index (χ3v) is 5.82. The van der Waals surface area contributed by atoms with E-state index in [0.29, 0.717) is 11.1 Å². The van der Waals surface area contributed by atoms with E-state index in [0.717, 1.165) is 12.2 Å². The number of carbonyl (C=O) groups is 3. The molecule has 12 nitrogen and oxygen atoms in total. The second-order valence-corrected chi connectivity index (χ2v) is 8.63. The first kappa shape index (κ1) is 28.0. The van der Waals surface area contributed by atoms with E-state index in [9.17, 15) is 45.0 Å². The van der Waals surface area contributed by atoms with Gasteiger partial charge in [0.05, 0.1) is 6.10 Å². The van der Waals surface area contributed by atoms with E-state index in [1.54, 1.807) is 0 Å². The maximum atomic E-state index is 12.5. The standard InChI is InChI=1S/C26H27NO11/c1-27-25(35)26(36)12-20(32)24(38-23(34)9-5-15-3-7-17(29)19(31)11-15)21(13-26)37-22(33)8-4-14-2-6-16(28)18(30)10-14/h2-11,20-21,24,28-32,36H,12-13H2,1H3,(H,27,35)/t20-,21-,24+,26-/m1/s1. The Morgan fingerprint density at radius 3 is 1.82 bits per heavy atom. The molecule has 2 aromatic carbocycles. The SMILES string of the molecule is CNC(=O)[C@@]1(O)C[C@@H](O)[C@H](OC(=O)C=Cc2ccc(O)c(O)c2)[C@H](OC(=O)C=Cc2ccc(O)c(O)c2)C1. The van der Waals surface area contributed by atoms with Crippen LogP contribution in [0.5, 0.6) is 23.0 Å². The average Bonchev–Trinajstić information content (AvgIpc) is 2.87.